The standard InChI is InChI=1S/C17H18Cl3NO4/c1-23-17-13(15-10-11(25-21-15)4-2-3-6-22)8-12(9-14(17)18)24-7-5-16(19)20/h5,7-10,16,22H,2-4,6H2,1H3. The average Bonchev–Trinajstić information content (AvgIpc) is 3.03. The summed E-state index contributed by atoms with van der Waals surface area (Å²) in [5, 5.41) is 13.3. The molecule has 0 aliphatic heterocycles. The number of nitrogens with zero attached hydrogens (tertiary/aromatic N) is 1. The molecular weight excluding hydrogens is 389 g/mol. The first-order chi connectivity index (χ1) is 12.0. The lowest BCUT2D eigenvalue weighted by molar-refractivity contribution is 0.281. The van der Waals surface area contributed by atoms with Crippen molar-refractivity contribution in [3.05, 3.63) is 41.3 Å². The second kappa shape index (κ2) is 9.92. The Hall–Kier alpha value is -1.40. The molecule has 25 heavy (non-hydrogen) atoms. The number of methoxy groups -OCH3 is 1. The largest absolute Gasteiger partial charge is 0.494 e. The van der Waals surface area contributed by atoms with Crippen LogP contribution in [-0.4, -0.2) is 28.8 Å². The molecule has 0 amide bonds. The third-order valence-electron chi connectivity index (χ3n) is 3.32. The van der Waals surface area contributed by atoms with Crippen molar-refractivity contribution in [3.8, 4) is 22.8 Å². The maximum Gasteiger partial charge on any atom is 0.147 e. The molecule has 0 aliphatic carbocycles. The Bertz CT molecular complexity index is 716. The molecule has 0 saturated heterocycles. The molecular formula is C17H18Cl3NO4. The van der Waals surface area contributed by atoms with E-state index in [2.05, 4.69) is 5.16 Å². The summed E-state index contributed by atoms with van der Waals surface area (Å²) in [6, 6.07) is 5.18. The molecule has 2 rings (SSSR count). The van der Waals surface area contributed by atoms with Gasteiger partial charge in [-0.2, -0.15) is 0 Å². The molecule has 1 aromatic carbocycles. The quantitative estimate of drug-likeness (QED) is 0.360. The summed E-state index contributed by atoms with van der Waals surface area (Å²) in [5.41, 5.74) is 1.23. The number of alkyl halides is 2. The summed E-state index contributed by atoms with van der Waals surface area (Å²) in [5.74, 6) is 1.68. The van der Waals surface area contributed by atoms with Crippen LogP contribution in [0.4, 0.5) is 0 Å². The highest BCUT2D eigenvalue weighted by molar-refractivity contribution is 6.45. The van der Waals surface area contributed by atoms with E-state index in [4.69, 9.17) is 53.9 Å². The van der Waals surface area contributed by atoms with E-state index in [-0.39, 0.29) is 6.61 Å². The van der Waals surface area contributed by atoms with E-state index in [1.54, 1.807) is 12.1 Å². The van der Waals surface area contributed by atoms with Crippen LogP contribution >= 0.6 is 34.8 Å². The summed E-state index contributed by atoms with van der Waals surface area (Å²) >= 11 is 17.5. The maximum atomic E-state index is 8.85. The third kappa shape index (κ3) is 5.82. The van der Waals surface area contributed by atoms with Gasteiger partial charge in [0, 0.05) is 25.2 Å². The van der Waals surface area contributed by atoms with E-state index in [9.17, 15) is 0 Å². The number of rotatable bonds is 9. The van der Waals surface area contributed by atoms with Gasteiger partial charge in [-0.05, 0) is 25.0 Å². The number of ether oxygens (including phenoxy) is 2. The van der Waals surface area contributed by atoms with Crippen molar-refractivity contribution >= 4 is 34.8 Å². The van der Waals surface area contributed by atoms with Gasteiger partial charge in [0.2, 0.25) is 0 Å². The number of hydrogen-bond acceptors (Lipinski definition) is 5. The van der Waals surface area contributed by atoms with E-state index < -0.39 is 4.84 Å². The van der Waals surface area contributed by atoms with Gasteiger partial charge in [-0.1, -0.05) is 16.8 Å². The fourth-order valence-corrected chi connectivity index (χ4v) is 2.59. The van der Waals surface area contributed by atoms with Crippen LogP contribution in [0.1, 0.15) is 18.6 Å². The summed E-state index contributed by atoms with van der Waals surface area (Å²) < 4.78 is 16.2. The van der Waals surface area contributed by atoms with E-state index in [1.807, 2.05) is 6.07 Å². The number of aryl methyl sites for hydroxylation is 1. The molecule has 0 atom stereocenters. The molecule has 0 saturated carbocycles. The zero-order valence-electron chi connectivity index (χ0n) is 13.5. The number of unbranched alkanes of at least 4 members (excludes halogenated alkanes) is 1. The van der Waals surface area contributed by atoms with Gasteiger partial charge in [0.1, 0.15) is 27.8 Å². The molecule has 1 aromatic heterocycles. The van der Waals surface area contributed by atoms with Crippen molar-refractivity contribution < 1.29 is 19.1 Å². The Morgan fingerprint density at radius 1 is 1.28 bits per heavy atom. The minimum absolute atomic E-state index is 0.156. The smallest absolute Gasteiger partial charge is 0.147 e. The first-order valence-electron chi connectivity index (χ1n) is 7.61. The van der Waals surface area contributed by atoms with E-state index >= 15 is 0 Å². The number of halogens is 3. The lowest BCUT2D eigenvalue weighted by Crippen LogP contribution is -1.92. The molecule has 2 aromatic rings. The van der Waals surface area contributed by atoms with Crippen LogP contribution in [0, 0.1) is 0 Å². The highest BCUT2D eigenvalue weighted by Crippen LogP contribution is 2.39. The van der Waals surface area contributed by atoms with Crippen LogP contribution in [0.25, 0.3) is 11.3 Å². The summed E-state index contributed by atoms with van der Waals surface area (Å²) in [6.07, 6.45) is 5.08. The van der Waals surface area contributed by atoms with Gasteiger partial charge in [0.15, 0.2) is 0 Å². The number of hydrogen-bond donors (Lipinski definition) is 1. The van der Waals surface area contributed by atoms with Crippen molar-refractivity contribution in [1.29, 1.82) is 0 Å². The van der Waals surface area contributed by atoms with E-state index in [0.717, 1.165) is 12.2 Å². The van der Waals surface area contributed by atoms with Crippen molar-refractivity contribution in [2.24, 2.45) is 0 Å². The van der Waals surface area contributed by atoms with Crippen molar-refractivity contribution in [2.75, 3.05) is 13.7 Å². The number of benzene rings is 1. The van der Waals surface area contributed by atoms with Crippen LogP contribution in [0.2, 0.25) is 5.02 Å². The lowest BCUT2D eigenvalue weighted by atomic mass is 10.1. The molecule has 0 bridgehead atoms. The van der Waals surface area contributed by atoms with E-state index in [1.165, 1.54) is 19.4 Å². The van der Waals surface area contributed by atoms with Gasteiger partial charge in [-0.15, -0.1) is 23.2 Å². The predicted octanol–water partition coefficient (Wildman–Crippen LogP) is 5.01. The predicted molar refractivity (Wildman–Crippen MR) is 98.8 cm³/mol. The van der Waals surface area contributed by atoms with Gasteiger partial charge in [-0.25, -0.2) is 0 Å². The van der Waals surface area contributed by atoms with Crippen molar-refractivity contribution in [1.82, 2.24) is 5.16 Å². The molecule has 1 heterocycles. The number of aromatic nitrogens is 1. The topological polar surface area (TPSA) is 64.7 Å². The summed E-state index contributed by atoms with van der Waals surface area (Å²) in [4.78, 5) is -0.662. The van der Waals surface area contributed by atoms with Gasteiger partial charge in [0.25, 0.3) is 0 Å². The first-order valence-corrected chi connectivity index (χ1v) is 8.86. The maximum absolute atomic E-state index is 8.85. The zero-order chi connectivity index (χ0) is 18.2. The molecule has 0 fully saturated rings. The molecule has 8 heteroatoms. The molecule has 5 nitrogen and oxygen atoms in total. The minimum atomic E-state index is -0.662. The molecule has 0 radical (unpaired) electrons. The fraction of sp³-hybridized carbons (Fsp3) is 0.353. The Labute approximate surface area is 161 Å². The Balaban J connectivity index is 2.27. The zero-order valence-corrected chi connectivity index (χ0v) is 15.8. The van der Waals surface area contributed by atoms with Crippen LogP contribution in [0.15, 0.2) is 35.1 Å². The van der Waals surface area contributed by atoms with Crippen LogP contribution in [-0.2, 0) is 6.42 Å². The number of aliphatic hydroxyl groups is 1. The van der Waals surface area contributed by atoms with Gasteiger partial charge >= 0.3 is 0 Å². The summed E-state index contributed by atoms with van der Waals surface area (Å²) in [6.45, 7) is 0.156. The van der Waals surface area contributed by atoms with Gasteiger partial charge in [0.05, 0.1) is 24.0 Å². The van der Waals surface area contributed by atoms with E-state index in [0.29, 0.717) is 40.6 Å². The second-order valence-electron chi connectivity index (χ2n) is 5.13. The normalized spacial score (nSPS) is 11.4. The Morgan fingerprint density at radius 3 is 2.76 bits per heavy atom. The minimum Gasteiger partial charge on any atom is -0.494 e. The highest BCUT2D eigenvalue weighted by atomic mass is 35.5. The van der Waals surface area contributed by atoms with Crippen LogP contribution in [0.5, 0.6) is 11.5 Å². The number of allylic oxidation sites excluding steroid dienone is 1. The van der Waals surface area contributed by atoms with Crippen LogP contribution < -0.4 is 9.47 Å². The first kappa shape index (κ1) is 19.9. The average molecular weight is 407 g/mol. The van der Waals surface area contributed by atoms with Crippen molar-refractivity contribution in [2.45, 2.75) is 24.1 Å². The molecule has 0 spiro atoms. The molecule has 136 valence electrons. The van der Waals surface area contributed by atoms with Gasteiger partial charge < -0.3 is 19.1 Å². The molecule has 1 N–H and O–H groups in total. The Morgan fingerprint density at radius 2 is 2.08 bits per heavy atom. The lowest BCUT2D eigenvalue weighted by Gasteiger charge is -2.10. The SMILES string of the molecule is COc1c(Cl)cc(OC=CC(Cl)Cl)cc1-c1cc(CCCCO)on1. The molecule has 0 aliphatic rings. The summed E-state index contributed by atoms with van der Waals surface area (Å²) in [7, 11) is 1.53. The second-order valence-corrected chi connectivity index (χ2v) is 6.70. The molecule has 0 unspecified atom stereocenters. The third-order valence-corrected chi connectivity index (χ3v) is 3.89. The number of aliphatic hydroxyl groups excluding tert-OH is 1. The Kier molecular flexibility index (Phi) is 7.90. The monoisotopic (exact) mass is 405 g/mol. The van der Waals surface area contributed by atoms with Crippen LogP contribution in [0.3, 0.4) is 0 Å². The van der Waals surface area contributed by atoms with Gasteiger partial charge in [-0.3, -0.25) is 0 Å². The van der Waals surface area contributed by atoms with Crippen molar-refractivity contribution in [3.63, 3.8) is 0 Å². The highest BCUT2D eigenvalue weighted by Gasteiger charge is 2.16. The fourth-order valence-electron chi connectivity index (χ4n) is 2.18.